The summed E-state index contributed by atoms with van der Waals surface area (Å²) in [5, 5.41) is 10.9. The van der Waals surface area contributed by atoms with Crippen LogP contribution in [0.3, 0.4) is 0 Å². The maximum Gasteiger partial charge on any atom is 0.227 e. The Balaban J connectivity index is 1.88. The van der Waals surface area contributed by atoms with Crippen LogP contribution >= 0.6 is 0 Å². The second kappa shape index (κ2) is 8.39. The van der Waals surface area contributed by atoms with Crippen molar-refractivity contribution < 1.29 is 9.53 Å². The number of rotatable bonds is 6. The fourth-order valence-electron chi connectivity index (χ4n) is 3.62. The van der Waals surface area contributed by atoms with Gasteiger partial charge in [-0.05, 0) is 49.4 Å². The average molecular weight is 355 g/mol. The molecular formula is C21H29N3O2. The normalized spacial score (nSPS) is 15.2. The van der Waals surface area contributed by atoms with Crippen LogP contribution in [0.15, 0.2) is 24.3 Å². The molecule has 1 aromatic carbocycles. The number of benzene rings is 1. The fraction of sp³-hybridized carbons (Fsp3) is 0.524. The number of hydrogen-bond donors (Lipinski definition) is 2. The van der Waals surface area contributed by atoms with Gasteiger partial charge >= 0.3 is 0 Å². The van der Waals surface area contributed by atoms with Crippen molar-refractivity contribution in [2.75, 3.05) is 12.4 Å². The molecule has 0 radical (unpaired) electrons. The number of H-pyrrole nitrogens is 1. The molecule has 0 unspecified atom stereocenters. The van der Waals surface area contributed by atoms with E-state index in [0.717, 1.165) is 60.5 Å². The first-order chi connectivity index (χ1) is 12.6. The highest BCUT2D eigenvalue weighted by Gasteiger charge is 2.24. The molecule has 0 atom stereocenters. The number of hydrogen-bond acceptors (Lipinski definition) is 3. The quantitative estimate of drug-likeness (QED) is 0.782. The van der Waals surface area contributed by atoms with Crippen molar-refractivity contribution >= 4 is 11.6 Å². The third-order valence-electron chi connectivity index (χ3n) is 5.04. The van der Waals surface area contributed by atoms with E-state index < -0.39 is 0 Å². The van der Waals surface area contributed by atoms with Gasteiger partial charge in [-0.2, -0.15) is 5.10 Å². The molecule has 0 saturated heterocycles. The van der Waals surface area contributed by atoms with E-state index in [0.29, 0.717) is 5.92 Å². The van der Waals surface area contributed by atoms with Crippen LogP contribution in [-0.4, -0.2) is 23.2 Å². The number of carbonyl (C=O) groups is 1. The van der Waals surface area contributed by atoms with Crippen molar-refractivity contribution in [3.63, 3.8) is 0 Å². The van der Waals surface area contributed by atoms with Crippen molar-refractivity contribution in [3.05, 3.63) is 30.0 Å². The molecule has 140 valence electrons. The maximum absolute atomic E-state index is 12.8. The van der Waals surface area contributed by atoms with Gasteiger partial charge in [0.25, 0.3) is 0 Å². The van der Waals surface area contributed by atoms with E-state index in [4.69, 9.17) is 4.74 Å². The molecule has 0 bridgehead atoms. The van der Waals surface area contributed by atoms with Gasteiger partial charge in [0.15, 0.2) is 0 Å². The van der Waals surface area contributed by atoms with Crippen LogP contribution in [0, 0.1) is 11.8 Å². The summed E-state index contributed by atoms with van der Waals surface area (Å²) in [6.45, 7) is 4.33. The number of aromatic amines is 1. The van der Waals surface area contributed by atoms with Gasteiger partial charge in [0.2, 0.25) is 5.91 Å². The van der Waals surface area contributed by atoms with Gasteiger partial charge in [0.05, 0.1) is 18.5 Å². The van der Waals surface area contributed by atoms with Crippen LogP contribution in [0.5, 0.6) is 5.75 Å². The highest BCUT2D eigenvalue weighted by Crippen LogP contribution is 2.33. The molecule has 0 spiro atoms. The third-order valence-corrected chi connectivity index (χ3v) is 5.04. The molecule has 0 aliphatic heterocycles. The van der Waals surface area contributed by atoms with E-state index in [2.05, 4.69) is 29.4 Å². The summed E-state index contributed by atoms with van der Waals surface area (Å²) in [4.78, 5) is 12.8. The molecule has 1 aromatic heterocycles. The van der Waals surface area contributed by atoms with Gasteiger partial charge in [-0.15, -0.1) is 0 Å². The van der Waals surface area contributed by atoms with E-state index >= 15 is 0 Å². The SMILES string of the molecule is COc1ccc(-c2n[nH]c(CC(C)C)c2NC(=O)C2CCCCC2)cc1. The lowest BCUT2D eigenvalue weighted by Crippen LogP contribution is -2.25. The average Bonchev–Trinajstić information content (AvgIpc) is 3.04. The molecule has 1 aliphatic carbocycles. The van der Waals surface area contributed by atoms with Crippen LogP contribution in [0.2, 0.25) is 0 Å². The highest BCUT2D eigenvalue weighted by atomic mass is 16.5. The first kappa shape index (κ1) is 18.5. The summed E-state index contributed by atoms with van der Waals surface area (Å²) in [6, 6.07) is 7.78. The second-order valence-electron chi connectivity index (χ2n) is 7.58. The Bertz CT molecular complexity index is 728. The smallest absolute Gasteiger partial charge is 0.227 e. The molecule has 1 aliphatic rings. The minimum atomic E-state index is 0.120. The molecule has 3 rings (SSSR count). The molecule has 5 nitrogen and oxygen atoms in total. The van der Waals surface area contributed by atoms with Crippen LogP contribution in [0.25, 0.3) is 11.3 Å². The monoisotopic (exact) mass is 355 g/mol. The molecule has 26 heavy (non-hydrogen) atoms. The topological polar surface area (TPSA) is 67.0 Å². The minimum Gasteiger partial charge on any atom is -0.497 e. The summed E-state index contributed by atoms with van der Waals surface area (Å²) in [5.74, 6) is 1.53. The maximum atomic E-state index is 12.8. The Morgan fingerprint density at radius 2 is 1.92 bits per heavy atom. The number of amides is 1. The first-order valence-electron chi connectivity index (χ1n) is 9.61. The Morgan fingerprint density at radius 1 is 1.23 bits per heavy atom. The number of anilines is 1. The largest absolute Gasteiger partial charge is 0.497 e. The van der Waals surface area contributed by atoms with Gasteiger partial charge in [-0.1, -0.05) is 33.1 Å². The van der Waals surface area contributed by atoms with Crippen LogP contribution < -0.4 is 10.1 Å². The Hall–Kier alpha value is -2.30. The van der Waals surface area contributed by atoms with Crippen molar-refractivity contribution in [2.24, 2.45) is 11.8 Å². The number of carbonyl (C=O) groups excluding carboxylic acids is 1. The summed E-state index contributed by atoms with van der Waals surface area (Å²) in [6.07, 6.45) is 6.36. The van der Waals surface area contributed by atoms with Gasteiger partial charge in [-0.3, -0.25) is 9.89 Å². The van der Waals surface area contributed by atoms with Gasteiger partial charge in [0, 0.05) is 11.5 Å². The number of aromatic nitrogens is 2. The van der Waals surface area contributed by atoms with E-state index in [9.17, 15) is 4.79 Å². The van der Waals surface area contributed by atoms with E-state index in [-0.39, 0.29) is 11.8 Å². The van der Waals surface area contributed by atoms with Gasteiger partial charge in [0.1, 0.15) is 11.4 Å². The Labute approximate surface area is 155 Å². The molecule has 5 heteroatoms. The van der Waals surface area contributed by atoms with E-state index in [1.54, 1.807) is 7.11 Å². The zero-order valence-electron chi connectivity index (χ0n) is 16.0. The molecule has 2 N–H and O–H groups in total. The van der Waals surface area contributed by atoms with Crippen molar-refractivity contribution in [1.29, 1.82) is 0 Å². The lowest BCUT2D eigenvalue weighted by atomic mass is 9.88. The lowest BCUT2D eigenvalue weighted by Gasteiger charge is -2.21. The molecular weight excluding hydrogens is 326 g/mol. The number of ether oxygens (including phenoxy) is 1. The molecule has 1 saturated carbocycles. The highest BCUT2D eigenvalue weighted by molar-refractivity contribution is 5.97. The number of nitrogens with one attached hydrogen (secondary N) is 2. The van der Waals surface area contributed by atoms with Crippen molar-refractivity contribution in [2.45, 2.75) is 52.4 Å². The van der Waals surface area contributed by atoms with E-state index in [1.165, 1.54) is 6.42 Å². The molecule has 2 aromatic rings. The second-order valence-corrected chi connectivity index (χ2v) is 7.58. The number of methoxy groups -OCH3 is 1. The third kappa shape index (κ3) is 4.26. The van der Waals surface area contributed by atoms with Gasteiger partial charge in [-0.25, -0.2) is 0 Å². The first-order valence-corrected chi connectivity index (χ1v) is 9.61. The number of nitrogens with zero attached hydrogens (tertiary/aromatic N) is 1. The van der Waals surface area contributed by atoms with Crippen LogP contribution in [-0.2, 0) is 11.2 Å². The lowest BCUT2D eigenvalue weighted by molar-refractivity contribution is -0.120. The fourth-order valence-corrected chi connectivity index (χ4v) is 3.62. The minimum absolute atomic E-state index is 0.120. The van der Waals surface area contributed by atoms with Crippen molar-refractivity contribution in [1.82, 2.24) is 10.2 Å². The van der Waals surface area contributed by atoms with Crippen LogP contribution in [0.4, 0.5) is 5.69 Å². The van der Waals surface area contributed by atoms with Crippen molar-refractivity contribution in [3.8, 4) is 17.0 Å². The Kier molecular flexibility index (Phi) is 5.96. The predicted octanol–water partition coefficient (Wildman–Crippen LogP) is 4.80. The van der Waals surface area contributed by atoms with Gasteiger partial charge < -0.3 is 10.1 Å². The molecule has 1 amide bonds. The summed E-state index contributed by atoms with van der Waals surface area (Å²) >= 11 is 0. The van der Waals surface area contributed by atoms with E-state index in [1.807, 2.05) is 24.3 Å². The summed E-state index contributed by atoms with van der Waals surface area (Å²) in [7, 11) is 1.65. The zero-order valence-corrected chi connectivity index (χ0v) is 16.0. The summed E-state index contributed by atoms with van der Waals surface area (Å²) < 4.78 is 5.24. The molecule has 1 fully saturated rings. The molecule has 1 heterocycles. The summed E-state index contributed by atoms with van der Waals surface area (Å²) in [5.41, 5.74) is 3.60. The zero-order chi connectivity index (χ0) is 18.5. The predicted molar refractivity (Wildman–Crippen MR) is 104 cm³/mol. The Morgan fingerprint density at radius 3 is 2.54 bits per heavy atom. The van der Waals surface area contributed by atoms with Crippen LogP contribution in [0.1, 0.15) is 51.6 Å². The standard InChI is InChI=1S/C21H29N3O2/c1-14(2)13-18-20(22-21(25)16-7-5-4-6-8-16)19(24-23-18)15-9-11-17(26-3)12-10-15/h9-12,14,16H,4-8,13H2,1-3H3,(H,22,25)(H,23,24).